The second-order valence-electron chi connectivity index (χ2n) is 5.45. The Balaban J connectivity index is 2.08. The number of aromatic nitrogens is 3. The van der Waals surface area contributed by atoms with E-state index in [1.54, 1.807) is 0 Å². The number of alkyl halides is 3. The fourth-order valence-electron chi connectivity index (χ4n) is 2.32. The van der Waals surface area contributed by atoms with Gasteiger partial charge in [0.1, 0.15) is 12.1 Å². The van der Waals surface area contributed by atoms with Crippen molar-refractivity contribution >= 4 is 11.7 Å². The zero-order valence-electron chi connectivity index (χ0n) is 14.7. The van der Waals surface area contributed by atoms with Crippen LogP contribution in [-0.4, -0.2) is 28.0 Å². The van der Waals surface area contributed by atoms with E-state index >= 15 is 0 Å². The third-order valence-electron chi connectivity index (χ3n) is 3.58. The summed E-state index contributed by atoms with van der Waals surface area (Å²) in [6.07, 6.45) is -1.62. The third-order valence-corrected chi connectivity index (χ3v) is 3.58. The summed E-state index contributed by atoms with van der Waals surface area (Å²) in [6, 6.07) is 6.56. The maximum Gasteiger partial charge on any atom is 0.434 e. The number of amides is 1. The summed E-state index contributed by atoms with van der Waals surface area (Å²) in [4.78, 5) is 29.2. The SMILES string of the molecule is COc1cc(F)ccc1ON(C(=O)c1cccnc1C(F)(F)F)c1ccncn1. The van der Waals surface area contributed by atoms with Gasteiger partial charge in [0.2, 0.25) is 0 Å². The Labute approximate surface area is 161 Å². The molecule has 11 heteroatoms. The highest BCUT2D eigenvalue weighted by atomic mass is 19.4. The van der Waals surface area contributed by atoms with Crippen LogP contribution in [0.3, 0.4) is 0 Å². The first kappa shape index (κ1) is 20.0. The molecule has 0 aliphatic carbocycles. The van der Waals surface area contributed by atoms with Crippen LogP contribution in [0, 0.1) is 5.82 Å². The van der Waals surface area contributed by atoms with Crippen LogP contribution in [-0.2, 0) is 6.18 Å². The Hall–Kier alpha value is -3.76. The minimum Gasteiger partial charge on any atom is -0.493 e. The molecule has 0 spiro atoms. The molecule has 0 radical (unpaired) electrons. The predicted molar refractivity (Wildman–Crippen MR) is 91.7 cm³/mol. The van der Waals surface area contributed by atoms with Crippen LogP contribution in [0.15, 0.2) is 55.1 Å². The van der Waals surface area contributed by atoms with Crippen LogP contribution in [0.25, 0.3) is 0 Å². The second kappa shape index (κ2) is 8.09. The summed E-state index contributed by atoms with van der Waals surface area (Å²) in [5.41, 5.74) is -2.15. The van der Waals surface area contributed by atoms with Gasteiger partial charge in [-0.1, -0.05) is 0 Å². The van der Waals surface area contributed by atoms with Gasteiger partial charge in [0.15, 0.2) is 23.0 Å². The van der Waals surface area contributed by atoms with Crippen LogP contribution in [0.1, 0.15) is 16.1 Å². The van der Waals surface area contributed by atoms with E-state index in [1.807, 2.05) is 0 Å². The lowest BCUT2D eigenvalue weighted by molar-refractivity contribution is -0.141. The lowest BCUT2D eigenvalue weighted by atomic mass is 10.1. The molecule has 0 atom stereocenters. The molecule has 0 unspecified atom stereocenters. The molecule has 0 saturated heterocycles. The number of nitrogens with zero attached hydrogens (tertiary/aromatic N) is 4. The summed E-state index contributed by atoms with van der Waals surface area (Å²) in [6.45, 7) is 0. The maximum absolute atomic E-state index is 13.4. The molecule has 0 N–H and O–H groups in total. The number of methoxy groups -OCH3 is 1. The number of carbonyl (C=O) groups excluding carboxylic acids is 1. The minimum absolute atomic E-state index is 0.0842. The van der Waals surface area contributed by atoms with Crippen LogP contribution in [0.4, 0.5) is 23.4 Å². The number of anilines is 1. The van der Waals surface area contributed by atoms with Crippen LogP contribution >= 0.6 is 0 Å². The highest BCUT2D eigenvalue weighted by Gasteiger charge is 2.39. The number of hydroxylamine groups is 1. The molecule has 0 aliphatic heterocycles. The van der Waals surface area contributed by atoms with Crippen LogP contribution in [0.2, 0.25) is 0 Å². The predicted octanol–water partition coefficient (Wildman–Crippen LogP) is 3.68. The van der Waals surface area contributed by atoms with E-state index in [9.17, 15) is 22.4 Å². The van der Waals surface area contributed by atoms with Crippen molar-refractivity contribution in [1.29, 1.82) is 0 Å². The standard InChI is InChI=1S/C18H12F4N4O3/c1-28-14-9-11(19)4-5-13(14)29-26(15-6-8-23-10-25-15)17(27)12-3-2-7-24-16(12)18(20,21)22/h2-10H,1H3. The van der Waals surface area contributed by atoms with Gasteiger partial charge in [-0.3, -0.25) is 9.78 Å². The smallest absolute Gasteiger partial charge is 0.434 e. The molecule has 0 saturated carbocycles. The first-order valence-electron chi connectivity index (χ1n) is 7.95. The molecule has 150 valence electrons. The molecule has 0 fully saturated rings. The molecule has 0 bridgehead atoms. The van der Waals surface area contributed by atoms with Crippen molar-refractivity contribution in [1.82, 2.24) is 15.0 Å². The largest absolute Gasteiger partial charge is 0.493 e. The number of halogens is 4. The Morgan fingerprint density at radius 3 is 2.52 bits per heavy atom. The zero-order chi connectivity index (χ0) is 21.0. The number of hydrogen-bond acceptors (Lipinski definition) is 6. The number of carbonyl (C=O) groups is 1. The summed E-state index contributed by atoms with van der Waals surface area (Å²) < 4.78 is 58.3. The van der Waals surface area contributed by atoms with Crippen molar-refractivity contribution in [2.75, 3.05) is 12.2 Å². The fourth-order valence-corrected chi connectivity index (χ4v) is 2.32. The van der Waals surface area contributed by atoms with E-state index in [-0.39, 0.29) is 17.3 Å². The van der Waals surface area contributed by atoms with Crippen LogP contribution in [0.5, 0.6) is 11.5 Å². The zero-order valence-corrected chi connectivity index (χ0v) is 14.7. The lowest BCUT2D eigenvalue weighted by Crippen LogP contribution is -2.36. The van der Waals surface area contributed by atoms with E-state index in [4.69, 9.17) is 9.57 Å². The number of pyridine rings is 1. The number of rotatable bonds is 5. The van der Waals surface area contributed by atoms with Crippen molar-refractivity contribution < 1.29 is 31.9 Å². The van der Waals surface area contributed by atoms with Gasteiger partial charge in [-0.05, 0) is 24.3 Å². The van der Waals surface area contributed by atoms with Crippen molar-refractivity contribution in [2.45, 2.75) is 6.18 Å². The molecule has 7 nitrogen and oxygen atoms in total. The Morgan fingerprint density at radius 2 is 1.86 bits per heavy atom. The fraction of sp³-hybridized carbons (Fsp3) is 0.111. The number of ether oxygens (including phenoxy) is 1. The molecule has 3 aromatic rings. The van der Waals surface area contributed by atoms with Gasteiger partial charge >= 0.3 is 6.18 Å². The maximum atomic E-state index is 13.4. The highest BCUT2D eigenvalue weighted by Crippen LogP contribution is 2.33. The van der Waals surface area contributed by atoms with E-state index in [2.05, 4.69) is 15.0 Å². The Bertz CT molecular complexity index is 1020. The Morgan fingerprint density at radius 1 is 1.07 bits per heavy atom. The molecule has 0 aliphatic rings. The number of hydrogen-bond donors (Lipinski definition) is 0. The van der Waals surface area contributed by atoms with Gasteiger partial charge < -0.3 is 9.57 Å². The average molecular weight is 408 g/mol. The lowest BCUT2D eigenvalue weighted by Gasteiger charge is -2.23. The van der Waals surface area contributed by atoms with Gasteiger partial charge in [-0.15, -0.1) is 5.06 Å². The molecule has 3 rings (SSSR count). The molecule has 1 amide bonds. The van der Waals surface area contributed by atoms with Gasteiger partial charge in [-0.2, -0.15) is 13.2 Å². The first-order chi connectivity index (χ1) is 13.8. The molecule has 2 heterocycles. The monoisotopic (exact) mass is 408 g/mol. The molecule has 1 aromatic carbocycles. The summed E-state index contributed by atoms with van der Waals surface area (Å²) in [5, 5.41) is 0.518. The molecule has 29 heavy (non-hydrogen) atoms. The number of benzene rings is 1. The first-order valence-corrected chi connectivity index (χ1v) is 7.95. The van der Waals surface area contributed by atoms with E-state index < -0.39 is 29.2 Å². The van der Waals surface area contributed by atoms with Crippen molar-refractivity contribution in [3.05, 3.63) is 72.2 Å². The molecule has 2 aromatic heterocycles. The van der Waals surface area contributed by atoms with Crippen molar-refractivity contribution in [2.24, 2.45) is 0 Å². The minimum atomic E-state index is -4.88. The van der Waals surface area contributed by atoms with Gasteiger partial charge in [0.25, 0.3) is 5.91 Å². The Kier molecular flexibility index (Phi) is 5.57. The van der Waals surface area contributed by atoms with E-state index in [1.165, 1.54) is 25.4 Å². The van der Waals surface area contributed by atoms with E-state index in [0.29, 0.717) is 5.06 Å². The second-order valence-corrected chi connectivity index (χ2v) is 5.45. The van der Waals surface area contributed by atoms with Crippen molar-refractivity contribution in [3.8, 4) is 11.5 Å². The summed E-state index contributed by atoms with van der Waals surface area (Å²) in [7, 11) is 1.24. The highest BCUT2D eigenvalue weighted by molar-refractivity contribution is 6.05. The quantitative estimate of drug-likeness (QED) is 0.474. The van der Waals surface area contributed by atoms with Crippen molar-refractivity contribution in [3.63, 3.8) is 0 Å². The third kappa shape index (κ3) is 4.39. The van der Waals surface area contributed by atoms with Gasteiger partial charge in [0, 0.05) is 24.5 Å². The molecular formula is C18H12F4N4O3. The van der Waals surface area contributed by atoms with Gasteiger partial charge in [-0.25, -0.2) is 14.4 Å². The summed E-state index contributed by atoms with van der Waals surface area (Å²) in [5.74, 6) is -2.21. The van der Waals surface area contributed by atoms with Crippen LogP contribution < -0.4 is 14.6 Å². The van der Waals surface area contributed by atoms with Gasteiger partial charge in [0.05, 0.1) is 12.7 Å². The van der Waals surface area contributed by atoms with E-state index in [0.717, 1.165) is 36.8 Å². The average Bonchev–Trinajstić information content (AvgIpc) is 2.72. The topological polar surface area (TPSA) is 77.4 Å². The summed E-state index contributed by atoms with van der Waals surface area (Å²) >= 11 is 0. The molecular weight excluding hydrogens is 396 g/mol. The normalized spacial score (nSPS) is 11.1.